The van der Waals surface area contributed by atoms with Crippen LogP contribution in [-0.4, -0.2) is 13.6 Å². The van der Waals surface area contributed by atoms with Gasteiger partial charge in [-0.3, -0.25) is 0 Å². The Balaban J connectivity index is 2.25. The molecule has 1 aliphatic rings. The second kappa shape index (κ2) is 4.74. The van der Waals surface area contributed by atoms with E-state index in [0.29, 0.717) is 6.04 Å². The van der Waals surface area contributed by atoms with E-state index >= 15 is 0 Å². The molecule has 1 unspecified atom stereocenters. The van der Waals surface area contributed by atoms with Crippen LogP contribution in [0.25, 0.3) is 0 Å². The molecule has 0 aliphatic heterocycles. The highest BCUT2D eigenvalue weighted by Gasteiger charge is 2.42. The number of benzene rings is 1. The van der Waals surface area contributed by atoms with Crippen LogP contribution in [-0.2, 0) is 0 Å². The van der Waals surface area contributed by atoms with Gasteiger partial charge in [0.05, 0.1) is 0 Å². The van der Waals surface area contributed by atoms with Crippen molar-refractivity contribution in [3.05, 3.63) is 34.9 Å². The first-order valence-corrected chi connectivity index (χ1v) is 6.22. The average molecular weight is 239 g/mol. The van der Waals surface area contributed by atoms with E-state index in [4.69, 9.17) is 17.3 Å². The molecule has 1 aromatic carbocycles. The lowest BCUT2D eigenvalue weighted by Gasteiger charge is -2.47. The predicted molar refractivity (Wildman–Crippen MR) is 68.6 cm³/mol. The molecule has 0 saturated heterocycles. The Morgan fingerprint density at radius 1 is 1.38 bits per heavy atom. The van der Waals surface area contributed by atoms with Crippen molar-refractivity contribution >= 4 is 11.6 Å². The summed E-state index contributed by atoms with van der Waals surface area (Å²) < 4.78 is 0. The Morgan fingerprint density at radius 2 is 2.00 bits per heavy atom. The van der Waals surface area contributed by atoms with Gasteiger partial charge in [0.2, 0.25) is 0 Å². The summed E-state index contributed by atoms with van der Waals surface area (Å²) in [6, 6.07) is 8.44. The summed E-state index contributed by atoms with van der Waals surface area (Å²) in [7, 11) is 2.01. The first-order chi connectivity index (χ1) is 7.72. The van der Waals surface area contributed by atoms with Crippen LogP contribution in [0.2, 0.25) is 5.02 Å². The van der Waals surface area contributed by atoms with Gasteiger partial charge in [0.1, 0.15) is 0 Å². The molecule has 0 bridgehead atoms. The molecule has 16 heavy (non-hydrogen) atoms. The van der Waals surface area contributed by atoms with Crippen molar-refractivity contribution < 1.29 is 0 Å². The predicted octanol–water partition coefficient (Wildman–Crippen LogP) is 2.73. The Hall–Kier alpha value is -0.570. The maximum absolute atomic E-state index is 5.95. The quantitative estimate of drug-likeness (QED) is 0.847. The minimum atomic E-state index is 0.253. The summed E-state index contributed by atoms with van der Waals surface area (Å²) in [6.07, 6.45) is 3.73. The SMILES string of the molecule is CNC(c1ccc(Cl)cc1)C1(CN)CCC1. The standard InChI is InChI=1S/C13H19ClN2/c1-16-12(13(9-15)7-2-8-13)10-3-5-11(14)6-4-10/h3-6,12,16H,2,7-9,15H2,1H3. The maximum Gasteiger partial charge on any atom is 0.0406 e. The number of hydrogen-bond donors (Lipinski definition) is 2. The van der Waals surface area contributed by atoms with E-state index in [-0.39, 0.29) is 5.41 Å². The molecule has 1 atom stereocenters. The highest BCUT2D eigenvalue weighted by molar-refractivity contribution is 6.30. The lowest BCUT2D eigenvalue weighted by molar-refractivity contribution is 0.0880. The molecule has 1 aromatic rings. The van der Waals surface area contributed by atoms with Crippen LogP contribution >= 0.6 is 11.6 Å². The Labute approximate surface area is 102 Å². The molecule has 2 rings (SSSR count). The lowest BCUT2D eigenvalue weighted by atomic mass is 9.62. The van der Waals surface area contributed by atoms with Gasteiger partial charge in [-0.1, -0.05) is 30.2 Å². The summed E-state index contributed by atoms with van der Waals surface area (Å²) in [5.74, 6) is 0. The minimum absolute atomic E-state index is 0.253. The first kappa shape index (κ1) is 11.9. The molecule has 2 nitrogen and oxygen atoms in total. The van der Waals surface area contributed by atoms with Crippen molar-refractivity contribution in [1.82, 2.24) is 5.32 Å². The van der Waals surface area contributed by atoms with Crippen molar-refractivity contribution in [3.8, 4) is 0 Å². The van der Waals surface area contributed by atoms with Gasteiger partial charge >= 0.3 is 0 Å². The summed E-state index contributed by atoms with van der Waals surface area (Å²) in [6.45, 7) is 0.751. The Kier molecular flexibility index (Phi) is 3.53. The normalized spacial score (nSPS) is 20.2. The smallest absolute Gasteiger partial charge is 0.0406 e. The van der Waals surface area contributed by atoms with Crippen LogP contribution in [0.15, 0.2) is 24.3 Å². The largest absolute Gasteiger partial charge is 0.330 e. The summed E-state index contributed by atoms with van der Waals surface area (Å²) >= 11 is 5.91. The molecule has 1 fully saturated rings. The van der Waals surface area contributed by atoms with Gasteiger partial charge in [-0.25, -0.2) is 0 Å². The van der Waals surface area contributed by atoms with E-state index in [1.807, 2.05) is 19.2 Å². The van der Waals surface area contributed by atoms with Crippen LogP contribution in [0.4, 0.5) is 0 Å². The van der Waals surface area contributed by atoms with E-state index in [2.05, 4.69) is 17.4 Å². The van der Waals surface area contributed by atoms with Gasteiger partial charge in [0.15, 0.2) is 0 Å². The molecule has 1 aliphatic carbocycles. The van der Waals surface area contributed by atoms with E-state index < -0.39 is 0 Å². The van der Waals surface area contributed by atoms with E-state index in [9.17, 15) is 0 Å². The fourth-order valence-corrected chi connectivity index (χ4v) is 2.85. The molecule has 1 saturated carbocycles. The fourth-order valence-electron chi connectivity index (χ4n) is 2.72. The lowest BCUT2D eigenvalue weighted by Crippen LogP contribution is -2.47. The second-order valence-corrected chi connectivity index (χ2v) is 5.13. The number of rotatable bonds is 4. The van der Waals surface area contributed by atoms with Crippen molar-refractivity contribution in [2.45, 2.75) is 25.3 Å². The van der Waals surface area contributed by atoms with Crippen LogP contribution in [0.3, 0.4) is 0 Å². The van der Waals surface area contributed by atoms with Gasteiger partial charge in [-0.15, -0.1) is 0 Å². The molecule has 0 spiro atoms. The topological polar surface area (TPSA) is 38.0 Å². The van der Waals surface area contributed by atoms with Crippen molar-refractivity contribution in [1.29, 1.82) is 0 Å². The molecular formula is C13H19ClN2. The monoisotopic (exact) mass is 238 g/mol. The van der Waals surface area contributed by atoms with Crippen molar-refractivity contribution in [3.63, 3.8) is 0 Å². The molecule has 3 N–H and O–H groups in total. The van der Waals surface area contributed by atoms with Crippen LogP contribution in [0, 0.1) is 5.41 Å². The van der Waals surface area contributed by atoms with E-state index in [0.717, 1.165) is 11.6 Å². The Bertz CT molecular complexity index is 338. The summed E-state index contributed by atoms with van der Waals surface area (Å²) in [4.78, 5) is 0. The van der Waals surface area contributed by atoms with Gasteiger partial charge in [-0.05, 0) is 44.1 Å². The Morgan fingerprint density at radius 3 is 2.38 bits per heavy atom. The maximum atomic E-state index is 5.95. The third-order valence-electron chi connectivity index (χ3n) is 3.86. The number of nitrogens with one attached hydrogen (secondary N) is 1. The van der Waals surface area contributed by atoms with Gasteiger partial charge < -0.3 is 11.1 Å². The highest BCUT2D eigenvalue weighted by atomic mass is 35.5. The first-order valence-electron chi connectivity index (χ1n) is 5.85. The molecule has 0 amide bonds. The fraction of sp³-hybridized carbons (Fsp3) is 0.538. The van der Waals surface area contributed by atoms with Crippen molar-refractivity contribution in [2.75, 3.05) is 13.6 Å². The average Bonchev–Trinajstić information content (AvgIpc) is 2.25. The van der Waals surface area contributed by atoms with Crippen LogP contribution in [0.1, 0.15) is 30.9 Å². The number of halogens is 1. The molecule has 0 radical (unpaired) electrons. The third-order valence-corrected chi connectivity index (χ3v) is 4.11. The molecule has 88 valence electrons. The number of nitrogens with two attached hydrogens (primary N) is 1. The summed E-state index contributed by atoms with van der Waals surface area (Å²) in [5.41, 5.74) is 7.49. The van der Waals surface area contributed by atoms with Crippen molar-refractivity contribution in [2.24, 2.45) is 11.1 Å². The van der Waals surface area contributed by atoms with Gasteiger partial charge in [0.25, 0.3) is 0 Å². The zero-order valence-corrected chi connectivity index (χ0v) is 10.4. The number of hydrogen-bond acceptors (Lipinski definition) is 2. The molecule has 3 heteroatoms. The second-order valence-electron chi connectivity index (χ2n) is 4.69. The zero-order valence-electron chi connectivity index (χ0n) is 9.67. The highest BCUT2D eigenvalue weighted by Crippen LogP contribution is 2.49. The van der Waals surface area contributed by atoms with E-state index in [1.54, 1.807) is 0 Å². The molecule has 0 heterocycles. The van der Waals surface area contributed by atoms with E-state index in [1.165, 1.54) is 24.8 Å². The zero-order chi connectivity index (χ0) is 11.6. The molecular weight excluding hydrogens is 220 g/mol. The van der Waals surface area contributed by atoms with Gasteiger partial charge in [-0.2, -0.15) is 0 Å². The minimum Gasteiger partial charge on any atom is -0.330 e. The molecule has 0 aromatic heterocycles. The third kappa shape index (κ3) is 1.97. The van der Waals surface area contributed by atoms with Gasteiger partial charge in [0, 0.05) is 16.5 Å². The van der Waals surface area contributed by atoms with Crippen LogP contribution in [0.5, 0.6) is 0 Å². The summed E-state index contributed by atoms with van der Waals surface area (Å²) in [5, 5.41) is 4.19. The van der Waals surface area contributed by atoms with Crippen LogP contribution < -0.4 is 11.1 Å².